The number of nitrogens with zero attached hydrogens (tertiary/aromatic N) is 8. The van der Waals surface area contributed by atoms with Gasteiger partial charge in [0.2, 0.25) is 11.8 Å². The number of halogens is 27. The minimum absolute atomic E-state index is 0. The highest BCUT2D eigenvalue weighted by Crippen LogP contribution is 2.46. The Hall–Kier alpha value is -10.2. The van der Waals surface area contributed by atoms with E-state index >= 15 is 0 Å². The summed E-state index contributed by atoms with van der Waals surface area (Å²) in [6.45, 7) is 18.6. The van der Waals surface area contributed by atoms with E-state index in [4.69, 9.17) is 150 Å². The van der Waals surface area contributed by atoms with Crippen molar-refractivity contribution < 1.29 is 120 Å². The molecule has 0 saturated carbocycles. The summed E-state index contributed by atoms with van der Waals surface area (Å²) in [5, 5.41) is 38.1. The first-order chi connectivity index (χ1) is 69.0. The lowest BCUT2D eigenvalue weighted by atomic mass is 9.88. The number of methoxy groups -OCH3 is 1. The normalized spacial score (nSPS) is 18.1. The number of oxime groups is 5. The molecule has 149 heavy (non-hydrogen) atoms. The Balaban J connectivity index is 0.000000199. The van der Waals surface area contributed by atoms with Gasteiger partial charge in [-0.2, -0.15) is 39.5 Å². The van der Waals surface area contributed by atoms with Crippen molar-refractivity contribution >= 4 is 225 Å². The van der Waals surface area contributed by atoms with Crippen molar-refractivity contribution in [2.24, 2.45) is 25.8 Å². The third-order valence-electron chi connectivity index (χ3n) is 23.5. The first-order valence-corrected chi connectivity index (χ1v) is 48.9. The van der Waals surface area contributed by atoms with Crippen molar-refractivity contribution in [1.82, 2.24) is 20.0 Å². The number of allylic oxidation sites excluding steroid dienone is 1. The number of nitrogens with one attached hydrogen (secondary N) is 1. The molecule has 10 aromatic rings. The zero-order valence-electron chi connectivity index (χ0n) is 79.5. The van der Waals surface area contributed by atoms with Crippen molar-refractivity contribution in [3.8, 4) is 0 Å². The summed E-state index contributed by atoms with van der Waals surface area (Å²) in [6.07, 6.45) is -12.1. The SMILES string of the molecule is C=C(c1cc(Cl)c(F)c(Cl)c1)C(F)(F)F.COC(=O)c1ccc(C2=NOC(C)(c3cc(Cl)c(F)c(Cl)c3)C2)cc1C.Cc1cc(/C=N/O)ccc1Br.Cc1cc(C2=NOC(C)(c3cc(Cl)c(F)c(Cl)c3)C2)ccc1Br.Cc1cc(C2=NOC(C)(c3cc(Cl)c(F)c(Cl)c3)C2)ccc1C(=O)N1CC(=O)N(CCC(F)(F)F)C1.Cc1cc(C2=NOC(C)(c3cc(Cl)c(F)c(Cl)c3)C2)ccc1C(=O)O.Cl.O=C1CNCN1CCC(F)(F)F. The van der Waals surface area contributed by atoms with Gasteiger partial charge in [0.15, 0.2) is 51.5 Å². The van der Waals surface area contributed by atoms with Gasteiger partial charge in [-0.3, -0.25) is 19.7 Å². The van der Waals surface area contributed by atoms with E-state index < -0.39 is 123 Å². The Morgan fingerprint density at radius 3 is 1.07 bits per heavy atom. The van der Waals surface area contributed by atoms with Crippen molar-refractivity contribution in [2.75, 3.05) is 46.6 Å². The summed E-state index contributed by atoms with van der Waals surface area (Å²) in [5.41, 5.74) is 10.0. The van der Waals surface area contributed by atoms with Crippen LogP contribution in [0.2, 0.25) is 50.2 Å². The van der Waals surface area contributed by atoms with E-state index in [0.29, 0.717) is 92.9 Å². The van der Waals surface area contributed by atoms with Gasteiger partial charge in [-0.05, 0) is 245 Å². The van der Waals surface area contributed by atoms with E-state index in [1.54, 1.807) is 63.2 Å². The summed E-state index contributed by atoms with van der Waals surface area (Å²) < 4.78 is 184. The standard InChI is InChI=1S/C24H21Cl2F4N3O3.C19H16Cl2FNO3.C18H14Cl2FNO3.C17H13BrCl2FNO.C9H4Cl2F4.C8H8BrNO.C6H9F3N2O.ClH/c1-13-7-14(19-10-23(2,36-31-19)15-8-17(25)21(27)18(26)9-15)3-4-16(13)22(35)33-11-20(34)32(12-33)6-5-24(28,29)30;1-10-6-11(4-5-13(10)18(24)25-3)16-9-19(2,26-23-16)12-7-14(20)17(22)15(21)8-12;1-9-5-10(3-4-12(9)17(23)24)15-8-18(2,25-22-15)11-6-13(19)16(21)14(20)7-11;1-9-5-10(3-4-12(9)18)15-8-17(2,23-22-15)11-6-13(19)16(21)14(20)7-11;1-4(9(13,14)15)5-2-6(10)8(12)7(11)3-5;1-6-4-7(5-10-11)2-3-8(6)9;7-6(8,9)1-2-11-4-10-3-5(11)12;/h3-4,7-9H,5-6,10-12H2,1-2H3;4-8H,9H2,1-3H3;3-7H,8H2,1-2H3,(H,23,24);3-7H,8H2,1-2H3;2-3H,1H2;2-5,11H,1H3;10H,1-4H2;1H/b;;;;;10-5+;;. The average Bonchev–Trinajstić information content (AvgIpc) is 1.65. The molecule has 6 aliphatic heterocycles. The Labute approximate surface area is 917 Å². The molecule has 21 nitrogen and oxygen atoms in total. The van der Waals surface area contributed by atoms with E-state index in [1.165, 1.54) is 72.8 Å². The number of hydrogen-bond donors (Lipinski definition) is 3. The highest BCUT2D eigenvalue weighted by atomic mass is 79.9. The highest BCUT2D eigenvalue weighted by Gasteiger charge is 2.44. The zero-order valence-corrected chi connectivity index (χ0v) is 91.0. The van der Waals surface area contributed by atoms with E-state index in [2.05, 4.69) is 69.5 Å². The quantitative estimate of drug-likeness (QED) is 0.0192. The molecule has 0 bridgehead atoms. The molecular formula is C101H86Br2Cl11F14N9O12. The van der Waals surface area contributed by atoms with Gasteiger partial charge in [0, 0.05) is 75.5 Å². The number of carbonyl (C=O) groups is 5. The number of amides is 3. The van der Waals surface area contributed by atoms with Crippen molar-refractivity contribution in [3.05, 3.63) is 347 Å². The van der Waals surface area contributed by atoms with Crippen LogP contribution in [0, 0.1) is 63.7 Å². The van der Waals surface area contributed by atoms with Crippen LogP contribution in [0.1, 0.15) is 181 Å². The van der Waals surface area contributed by atoms with Gasteiger partial charge < -0.3 is 49.1 Å². The smallest absolute Gasteiger partial charge is 0.416 e. The number of carbonyl (C=O) groups excluding carboxylic acids is 4. The first kappa shape index (κ1) is 122. The van der Waals surface area contributed by atoms with Gasteiger partial charge in [-0.15, -0.1) is 12.4 Å². The molecule has 0 spiro atoms. The number of carboxylic acids is 1. The minimum Gasteiger partial charge on any atom is -0.478 e. The second-order valence-corrected chi connectivity index (χ2v) is 40.6. The summed E-state index contributed by atoms with van der Waals surface area (Å²) in [5.74, 6) is -6.23. The second kappa shape index (κ2) is 51.0. The van der Waals surface area contributed by atoms with Gasteiger partial charge in [-0.1, -0.05) is 211 Å². The first-order valence-electron chi connectivity index (χ1n) is 43.5. The molecule has 0 aliphatic carbocycles. The summed E-state index contributed by atoms with van der Waals surface area (Å²) in [6, 6.07) is 40.6. The molecule has 10 aromatic carbocycles. The number of aromatic carboxylic acids is 1. The molecule has 2 saturated heterocycles. The van der Waals surface area contributed by atoms with Crippen LogP contribution in [0.4, 0.5) is 61.5 Å². The van der Waals surface area contributed by atoms with Crippen molar-refractivity contribution in [3.63, 3.8) is 0 Å². The number of ether oxygens (including phenoxy) is 1. The predicted molar refractivity (Wildman–Crippen MR) is 555 cm³/mol. The van der Waals surface area contributed by atoms with E-state index in [-0.39, 0.29) is 109 Å². The molecule has 4 unspecified atom stereocenters. The molecule has 16 rings (SSSR count). The number of rotatable bonds is 17. The van der Waals surface area contributed by atoms with Crippen LogP contribution < -0.4 is 5.32 Å². The van der Waals surface area contributed by atoms with E-state index in [1.807, 2.05) is 84.0 Å². The lowest BCUT2D eigenvalue weighted by Gasteiger charge is -2.22. The number of hydrogen-bond acceptors (Lipinski definition) is 17. The lowest BCUT2D eigenvalue weighted by Crippen LogP contribution is -2.33. The van der Waals surface area contributed by atoms with Crippen molar-refractivity contribution in [2.45, 2.75) is 142 Å². The Bertz CT molecular complexity index is 6860. The molecule has 2 fully saturated rings. The number of aryl methyl sites for hydroxylation is 5. The maximum Gasteiger partial charge on any atom is 0.416 e. The van der Waals surface area contributed by atoms with Crippen LogP contribution in [-0.4, -0.2) is 149 Å². The largest absolute Gasteiger partial charge is 0.478 e. The van der Waals surface area contributed by atoms with Crippen LogP contribution in [0.25, 0.3) is 5.57 Å². The summed E-state index contributed by atoms with van der Waals surface area (Å²) in [4.78, 5) is 84.6. The molecule has 0 radical (unpaired) electrons. The molecule has 6 heterocycles. The number of alkyl halides is 9. The maximum atomic E-state index is 13.8. The molecule has 0 aromatic heterocycles. The second-order valence-electron chi connectivity index (χ2n) is 34.8. The van der Waals surface area contributed by atoms with E-state index in [0.717, 1.165) is 75.5 Å². The maximum absolute atomic E-state index is 13.8. The summed E-state index contributed by atoms with van der Waals surface area (Å²) in [7, 11) is 1.34. The van der Waals surface area contributed by atoms with Gasteiger partial charge in [0.05, 0.1) is 136 Å². The summed E-state index contributed by atoms with van der Waals surface area (Å²) >= 11 is 64.7. The third-order valence-corrected chi connectivity index (χ3v) is 28.0. The minimum atomic E-state index is -4.59. The molecule has 4 atom stereocenters. The fraction of sp³-hybridized carbons (Fsp3) is 0.287. The number of benzene rings is 10. The zero-order chi connectivity index (χ0) is 110. The van der Waals surface area contributed by atoms with Crippen LogP contribution in [-0.2, 0) is 56.1 Å². The average molecular weight is 2430 g/mol. The Kier molecular flexibility index (Phi) is 41.9. The monoisotopic (exact) mass is 2430 g/mol. The molecular weight excluding hydrogens is 2350 g/mol. The van der Waals surface area contributed by atoms with Crippen LogP contribution in [0.5, 0.6) is 0 Å². The van der Waals surface area contributed by atoms with Gasteiger partial charge >= 0.3 is 30.5 Å². The highest BCUT2D eigenvalue weighted by molar-refractivity contribution is 9.10. The molecule has 3 N–H and O–H groups in total. The van der Waals surface area contributed by atoms with Gasteiger partial charge in [-0.25, -0.2) is 31.5 Å². The Morgan fingerprint density at radius 2 is 0.772 bits per heavy atom. The van der Waals surface area contributed by atoms with Gasteiger partial charge in [0.1, 0.15) is 6.54 Å². The topological polar surface area (TPSA) is 256 Å². The fourth-order valence-electron chi connectivity index (χ4n) is 15.0. The van der Waals surface area contributed by atoms with Crippen LogP contribution >= 0.6 is 160 Å². The van der Waals surface area contributed by atoms with Crippen LogP contribution in [0.3, 0.4) is 0 Å². The molecule has 48 heteroatoms. The van der Waals surface area contributed by atoms with Gasteiger partial charge in [0.25, 0.3) is 5.91 Å². The van der Waals surface area contributed by atoms with Crippen LogP contribution in [0.15, 0.2) is 193 Å². The number of esters is 1. The fourth-order valence-corrected chi connectivity index (χ4v) is 18.0. The third kappa shape index (κ3) is 31.5. The Morgan fingerprint density at radius 1 is 0.463 bits per heavy atom. The molecule has 3 amide bonds. The molecule has 6 aliphatic rings. The number of carboxylic acid groups (broad SMARTS) is 1. The van der Waals surface area contributed by atoms with Crippen molar-refractivity contribution in [1.29, 1.82) is 0 Å². The lowest BCUT2D eigenvalue weighted by molar-refractivity contribution is -0.144. The molecule has 796 valence electrons. The predicted octanol–water partition coefficient (Wildman–Crippen LogP) is 30.4. The van der Waals surface area contributed by atoms with E-state index in [9.17, 15) is 85.4 Å².